The largest absolute Gasteiger partial charge is 0.496 e. The molecule has 33 heavy (non-hydrogen) atoms. The number of piperazine rings is 1. The number of hydrogen-bond acceptors (Lipinski definition) is 5. The van der Waals surface area contributed by atoms with Gasteiger partial charge in [0.05, 0.1) is 32.4 Å². The fourth-order valence-electron chi connectivity index (χ4n) is 3.97. The lowest BCUT2D eigenvalue weighted by Gasteiger charge is -2.34. The number of fused-ring (bicyclic) bond motifs is 1. The molecule has 4 rings (SSSR count). The summed E-state index contributed by atoms with van der Waals surface area (Å²) in [6, 6.07) is 7.28. The maximum atomic E-state index is 14.1. The average Bonchev–Trinajstić information content (AvgIpc) is 3.29. The van der Waals surface area contributed by atoms with Crippen LogP contribution in [0, 0.1) is 5.82 Å². The molecule has 0 saturated carbocycles. The number of methoxy groups -OCH3 is 3. The van der Waals surface area contributed by atoms with Gasteiger partial charge < -0.3 is 29.0 Å². The van der Waals surface area contributed by atoms with Crippen molar-refractivity contribution in [3.8, 4) is 17.2 Å². The van der Waals surface area contributed by atoms with E-state index in [-0.39, 0.29) is 29.6 Å². The summed E-state index contributed by atoms with van der Waals surface area (Å²) in [6.45, 7) is 1.16. The lowest BCUT2D eigenvalue weighted by atomic mass is 10.1. The Hall–Kier alpha value is -3.46. The third-order valence-electron chi connectivity index (χ3n) is 5.68. The van der Waals surface area contributed by atoms with Crippen LogP contribution in [0.1, 0.15) is 20.8 Å². The number of aromatic amines is 1. The Labute approximate surface area is 194 Å². The van der Waals surface area contributed by atoms with Crippen LogP contribution in [0.15, 0.2) is 30.3 Å². The van der Waals surface area contributed by atoms with Crippen molar-refractivity contribution in [2.45, 2.75) is 0 Å². The van der Waals surface area contributed by atoms with Gasteiger partial charge in [-0.15, -0.1) is 0 Å². The normalized spacial score (nSPS) is 13.8. The van der Waals surface area contributed by atoms with E-state index in [2.05, 4.69) is 4.98 Å². The molecule has 0 unspecified atom stereocenters. The first-order valence-corrected chi connectivity index (χ1v) is 10.6. The number of nitrogens with zero attached hydrogens (tertiary/aromatic N) is 2. The molecule has 0 aliphatic carbocycles. The molecule has 0 atom stereocenters. The van der Waals surface area contributed by atoms with Crippen molar-refractivity contribution in [1.29, 1.82) is 0 Å². The maximum absolute atomic E-state index is 14.1. The molecule has 1 aliphatic rings. The van der Waals surface area contributed by atoms with Gasteiger partial charge >= 0.3 is 0 Å². The van der Waals surface area contributed by atoms with E-state index >= 15 is 0 Å². The van der Waals surface area contributed by atoms with Crippen molar-refractivity contribution in [1.82, 2.24) is 14.8 Å². The van der Waals surface area contributed by atoms with Gasteiger partial charge in [0, 0.05) is 42.7 Å². The molecule has 8 nitrogen and oxygen atoms in total. The third-order valence-corrected chi connectivity index (χ3v) is 5.92. The van der Waals surface area contributed by atoms with Gasteiger partial charge in [-0.25, -0.2) is 4.39 Å². The monoisotopic (exact) mass is 475 g/mol. The summed E-state index contributed by atoms with van der Waals surface area (Å²) in [7, 11) is 4.58. The highest BCUT2D eigenvalue weighted by atomic mass is 35.5. The first kappa shape index (κ1) is 22.7. The zero-order chi connectivity index (χ0) is 23.7. The van der Waals surface area contributed by atoms with Crippen molar-refractivity contribution in [2.75, 3.05) is 47.5 Å². The van der Waals surface area contributed by atoms with Gasteiger partial charge in [0.25, 0.3) is 11.8 Å². The molecule has 0 bridgehead atoms. The van der Waals surface area contributed by atoms with Crippen molar-refractivity contribution in [3.63, 3.8) is 0 Å². The Balaban J connectivity index is 1.53. The van der Waals surface area contributed by atoms with Crippen LogP contribution >= 0.6 is 11.6 Å². The van der Waals surface area contributed by atoms with Crippen molar-refractivity contribution in [3.05, 3.63) is 52.4 Å². The minimum Gasteiger partial charge on any atom is -0.496 e. The van der Waals surface area contributed by atoms with Crippen LogP contribution in [-0.4, -0.2) is 74.1 Å². The summed E-state index contributed by atoms with van der Waals surface area (Å²) >= 11 is 5.91. The maximum Gasteiger partial charge on any atom is 0.270 e. The summed E-state index contributed by atoms with van der Waals surface area (Å²) in [4.78, 5) is 32.2. The van der Waals surface area contributed by atoms with Gasteiger partial charge in [0.15, 0.2) is 11.5 Å². The summed E-state index contributed by atoms with van der Waals surface area (Å²) < 4.78 is 30.4. The lowest BCUT2D eigenvalue weighted by Crippen LogP contribution is -2.50. The molecule has 1 N–H and O–H groups in total. The fraction of sp³-hybridized carbons (Fsp3) is 0.304. The highest BCUT2D eigenvalue weighted by molar-refractivity contribution is 6.31. The van der Waals surface area contributed by atoms with Gasteiger partial charge in [0.2, 0.25) is 0 Å². The number of H-pyrrole nitrogens is 1. The Morgan fingerprint density at radius 3 is 2.15 bits per heavy atom. The first-order chi connectivity index (χ1) is 15.9. The number of benzene rings is 2. The average molecular weight is 476 g/mol. The number of halogens is 2. The van der Waals surface area contributed by atoms with Crippen LogP contribution < -0.4 is 14.2 Å². The summed E-state index contributed by atoms with van der Waals surface area (Å²) in [5.41, 5.74) is 0.865. The van der Waals surface area contributed by atoms with Gasteiger partial charge in [-0.2, -0.15) is 0 Å². The minimum atomic E-state index is -0.626. The third kappa shape index (κ3) is 4.16. The number of rotatable bonds is 5. The molecular weight excluding hydrogens is 453 g/mol. The lowest BCUT2D eigenvalue weighted by molar-refractivity contribution is 0.0530. The van der Waals surface area contributed by atoms with Gasteiger partial charge in [0.1, 0.15) is 17.3 Å². The number of carbonyl (C=O) groups excluding carboxylic acids is 2. The molecule has 0 spiro atoms. The van der Waals surface area contributed by atoms with E-state index in [1.165, 1.54) is 44.4 Å². The number of carbonyl (C=O) groups is 2. The van der Waals surface area contributed by atoms with E-state index in [0.29, 0.717) is 46.9 Å². The van der Waals surface area contributed by atoms with Gasteiger partial charge in [-0.1, -0.05) is 11.6 Å². The number of aromatic nitrogens is 1. The Kier molecular flexibility index (Phi) is 6.33. The van der Waals surface area contributed by atoms with Crippen LogP contribution in [0.2, 0.25) is 5.02 Å². The summed E-state index contributed by atoms with van der Waals surface area (Å²) in [5.74, 6) is 0.176. The van der Waals surface area contributed by atoms with Crippen molar-refractivity contribution >= 4 is 34.3 Å². The van der Waals surface area contributed by atoms with Crippen LogP contribution in [-0.2, 0) is 0 Å². The Morgan fingerprint density at radius 1 is 0.909 bits per heavy atom. The molecule has 1 fully saturated rings. The predicted octanol–water partition coefficient (Wildman–Crippen LogP) is 3.58. The number of hydrogen-bond donors (Lipinski definition) is 1. The second-order valence-electron chi connectivity index (χ2n) is 7.49. The van der Waals surface area contributed by atoms with E-state index in [1.807, 2.05) is 0 Å². The first-order valence-electron chi connectivity index (χ1n) is 10.2. The molecule has 2 aromatic carbocycles. The molecule has 2 amide bonds. The Bertz CT molecular complexity index is 1220. The zero-order valence-electron chi connectivity index (χ0n) is 18.4. The van der Waals surface area contributed by atoms with Crippen LogP contribution in [0.25, 0.3) is 10.9 Å². The summed E-state index contributed by atoms with van der Waals surface area (Å²) in [5, 5.41) is 0.971. The molecule has 1 aliphatic heterocycles. The van der Waals surface area contributed by atoms with Gasteiger partial charge in [-0.05, 0) is 24.3 Å². The number of ether oxygens (including phenoxy) is 3. The number of amides is 2. The summed E-state index contributed by atoms with van der Waals surface area (Å²) in [6.07, 6.45) is 0. The molecule has 10 heteroatoms. The predicted molar refractivity (Wildman–Crippen MR) is 121 cm³/mol. The number of nitrogens with one attached hydrogen (secondary N) is 1. The topological polar surface area (TPSA) is 84.1 Å². The second-order valence-corrected chi connectivity index (χ2v) is 7.93. The Morgan fingerprint density at radius 2 is 1.55 bits per heavy atom. The van der Waals surface area contributed by atoms with Crippen molar-refractivity contribution in [2.24, 2.45) is 0 Å². The van der Waals surface area contributed by atoms with Crippen molar-refractivity contribution < 1.29 is 28.2 Å². The molecule has 174 valence electrons. The van der Waals surface area contributed by atoms with E-state index < -0.39 is 11.7 Å². The second kappa shape index (κ2) is 9.19. The quantitative estimate of drug-likeness (QED) is 0.609. The smallest absolute Gasteiger partial charge is 0.270 e. The standard InChI is InChI=1S/C23H23ClFN3O5/c1-31-18-12-19(32-2)21(33-3)20-15(18)11-17(26-20)23(30)28-8-6-27(7-9-28)22(29)14-10-13(24)4-5-16(14)25/h4-5,10-12,26H,6-9H2,1-3H3. The molecule has 2 heterocycles. The molecule has 3 aromatic rings. The molecule has 1 aromatic heterocycles. The van der Waals surface area contributed by atoms with Crippen LogP contribution in [0.3, 0.4) is 0 Å². The zero-order valence-corrected chi connectivity index (χ0v) is 19.2. The SMILES string of the molecule is COc1cc(OC)c2cc(C(=O)N3CCN(C(=O)c4cc(Cl)ccc4F)CC3)[nH]c2c1OC. The van der Waals surface area contributed by atoms with Crippen LogP contribution in [0.4, 0.5) is 4.39 Å². The molecule has 0 radical (unpaired) electrons. The van der Waals surface area contributed by atoms with Crippen LogP contribution in [0.5, 0.6) is 17.2 Å². The fourth-order valence-corrected chi connectivity index (χ4v) is 4.14. The van der Waals surface area contributed by atoms with E-state index in [0.717, 1.165) is 0 Å². The van der Waals surface area contributed by atoms with E-state index in [9.17, 15) is 14.0 Å². The minimum absolute atomic E-state index is 0.0777. The molecule has 1 saturated heterocycles. The van der Waals surface area contributed by atoms with E-state index in [1.54, 1.807) is 17.0 Å². The molecular formula is C23H23ClFN3O5. The highest BCUT2D eigenvalue weighted by Gasteiger charge is 2.28. The van der Waals surface area contributed by atoms with Gasteiger partial charge in [-0.3, -0.25) is 9.59 Å². The highest BCUT2D eigenvalue weighted by Crippen LogP contribution is 2.41. The van der Waals surface area contributed by atoms with E-state index in [4.69, 9.17) is 25.8 Å².